The number of hydrogen-bond donors (Lipinski definition) is 1. The molecular weight excluding hydrogens is 186 g/mol. The van der Waals surface area contributed by atoms with Crippen LogP contribution in [0.1, 0.15) is 47.0 Å². The third-order valence-electron chi connectivity index (χ3n) is 2.17. The number of carbonyl (C=O) groups excluding carboxylic acids is 1. The van der Waals surface area contributed by atoms with Crippen LogP contribution in [0.2, 0.25) is 0 Å². The largest absolute Gasteiger partial charge is 0.301 e. The van der Waals surface area contributed by atoms with Crippen molar-refractivity contribution in [3.8, 4) is 0 Å². The summed E-state index contributed by atoms with van der Waals surface area (Å²) in [4.78, 5) is 10.8. The molecule has 0 aliphatic heterocycles. The minimum absolute atomic E-state index is 0.136. The minimum Gasteiger partial charge on any atom is -0.301 e. The quantitative estimate of drug-likeness (QED) is 0.524. The standard InChI is InChI=1S/C13H21NO/c1-10(2)6-5-7-11(3)8-9-13(14)12(4)15/h6,8,14H,5,7,9H2,1-4H3/b11-8+,14-13?. The van der Waals surface area contributed by atoms with Gasteiger partial charge in [0.1, 0.15) is 0 Å². The zero-order valence-electron chi connectivity index (χ0n) is 10.2. The molecule has 0 rings (SSSR count). The molecule has 0 saturated carbocycles. The Kier molecular flexibility index (Phi) is 6.59. The molecule has 0 heterocycles. The van der Waals surface area contributed by atoms with Crippen LogP contribution >= 0.6 is 0 Å². The first-order valence-corrected chi connectivity index (χ1v) is 5.31. The molecule has 0 aliphatic carbocycles. The van der Waals surface area contributed by atoms with E-state index in [2.05, 4.69) is 19.9 Å². The van der Waals surface area contributed by atoms with Gasteiger partial charge in [0.15, 0.2) is 5.78 Å². The van der Waals surface area contributed by atoms with Crippen LogP contribution in [0.5, 0.6) is 0 Å². The molecule has 0 aromatic rings. The third-order valence-corrected chi connectivity index (χ3v) is 2.17. The maximum atomic E-state index is 10.8. The van der Waals surface area contributed by atoms with Crippen molar-refractivity contribution in [2.24, 2.45) is 0 Å². The summed E-state index contributed by atoms with van der Waals surface area (Å²) in [5, 5.41) is 7.38. The monoisotopic (exact) mass is 207 g/mol. The van der Waals surface area contributed by atoms with Gasteiger partial charge in [0.2, 0.25) is 0 Å². The highest BCUT2D eigenvalue weighted by Gasteiger charge is 2.00. The summed E-state index contributed by atoms with van der Waals surface area (Å²) in [7, 11) is 0. The molecule has 0 aromatic carbocycles. The van der Waals surface area contributed by atoms with Crippen LogP contribution in [-0.2, 0) is 4.79 Å². The summed E-state index contributed by atoms with van der Waals surface area (Å²) in [6.45, 7) is 7.66. The second-order valence-corrected chi connectivity index (χ2v) is 4.11. The Morgan fingerprint density at radius 1 is 1.13 bits per heavy atom. The van der Waals surface area contributed by atoms with Gasteiger partial charge >= 0.3 is 0 Å². The van der Waals surface area contributed by atoms with Crippen molar-refractivity contribution in [3.05, 3.63) is 23.3 Å². The average molecular weight is 207 g/mol. The third kappa shape index (κ3) is 7.86. The zero-order chi connectivity index (χ0) is 11.8. The molecule has 84 valence electrons. The highest BCUT2D eigenvalue weighted by molar-refractivity contribution is 6.37. The summed E-state index contributed by atoms with van der Waals surface area (Å²) in [5.74, 6) is -0.136. The second-order valence-electron chi connectivity index (χ2n) is 4.11. The molecule has 2 heteroatoms. The number of Topliss-reactive ketones (excluding diaryl/α,β-unsaturated/α-hetero) is 1. The molecule has 0 aromatic heterocycles. The number of carbonyl (C=O) groups is 1. The Hall–Kier alpha value is -1.18. The first-order chi connectivity index (χ1) is 6.93. The van der Waals surface area contributed by atoms with Gasteiger partial charge in [-0.3, -0.25) is 4.79 Å². The van der Waals surface area contributed by atoms with Gasteiger partial charge in [0.25, 0.3) is 0 Å². The lowest BCUT2D eigenvalue weighted by atomic mass is 10.1. The van der Waals surface area contributed by atoms with E-state index in [-0.39, 0.29) is 11.5 Å². The number of allylic oxidation sites excluding steroid dienone is 4. The van der Waals surface area contributed by atoms with E-state index in [1.54, 1.807) is 0 Å². The maximum absolute atomic E-state index is 10.8. The van der Waals surface area contributed by atoms with E-state index in [4.69, 9.17) is 5.41 Å². The van der Waals surface area contributed by atoms with Crippen LogP contribution in [0.4, 0.5) is 0 Å². The molecule has 1 N–H and O–H groups in total. The van der Waals surface area contributed by atoms with E-state index in [1.807, 2.05) is 13.0 Å². The Morgan fingerprint density at radius 3 is 2.20 bits per heavy atom. The van der Waals surface area contributed by atoms with Crippen LogP contribution in [-0.4, -0.2) is 11.5 Å². The highest BCUT2D eigenvalue weighted by Crippen LogP contribution is 2.07. The van der Waals surface area contributed by atoms with Crippen molar-refractivity contribution in [2.75, 3.05) is 0 Å². The van der Waals surface area contributed by atoms with Gasteiger partial charge in [0, 0.05) is 13.3 Å². The summed E-state index contributed by atoms with van der Waals surface area (Å²) in [5.41, 5.74) is 2.77. The number of hydrogen-bond acceptors (Lipinski definition) is 2. The molecule has 0 fully saturated rings. The number of nitrogens with one attached hydrogen (secondary N) is 1. The van der Waals surface area contributed by atoms with Crippen molar-refractivity contribution >= 4 is 11.5 Å². The van der Waals surface area contributed by atoms with Crippen molar-refractivity contribution in [2.45, 2.75) is 47.0 Å². The van der Waals surface area contributed by atoms with Gasteiger partial charge in [-0.25, -0.2) is 0 Å². The number of rotatable bonds is 6. The first kappa shape index (κ1) is 13.8. The Bertz CT molecular complexity index is 294. The van der Waals surface area contributed by atoms with Crippen LogP contribution in [0, 0.1) is 5.41 Å². The molecule has 0 amide bonds. The van der Waals surface area contributed by atoms with E-state index >= 15 is 0 Å². The molecule has 0 aliphatic rings. The Balaban J connectivity index is 3.95. The zero-order valence-corrected chi connectivity index (χ0v) is 10.2. The van der Waals surface area contributed by atoms with Crippen LogP contribution in [0.3, 0.4) is 0 Å². The van der Waals surface area contributed by atoms with Gasteiger partial charge in [-0.05, 0) is 33.6 Å². The molecule has 0 saturated heterocycles. The van der Waals surface area contributed by atoms with E-state index in [0.717, 1.165) is 12.8 Å². The number of ketones is 1. The van der Waals surface area contributed by atoms with Gasteiger partial charge in [-0.1, -0.05) is 23.3 Å². The van der Waals surface area contributed by atoms with Crippen molar-refractivity contribution < 1.29 is 4.79 Å². The lowest BCUT2D eigenvalue weighted by Gasteiger charge is -1.99. The van der Waals surface area contributed by atoms with Gasteiger partial charge in [-0.15, -0.1) is 0 Å². The van der Waals surface area contributed by atoms with E-state index < -0.39 is 0 Å². The molecular formula is C13H21NO. The fourth-order valence-electron chi connectivity index (χ4n) is 1.11. The molecule has 2 nitrogen and oxygen atoms in total. The Labute approximate surface area is 92.6 Å². The van der Waals surface area contributed by atoms with Crippen LogP contribution in [0.25, 0.3) is 0 Å². The Morgan fingerprint density at radius 2 is 1.73 bits per heavy atom. The summed E-state index contributed by atoms with van der Waals surface area (Å²) >= 11 is 0. The summed E-state index contributed by atoms with van der Waals surface area (Å²) < 4.78 is 0. The highest BCUT2D eigenvalue weighted by atomic mass is 16.1. The maximum Gasteiger partial charge on any atom is 0.173 e. The summed E-state index contributed by atoms with van der Waals surface area (Å²) in [6.07, 6.45) is 6.70. The molecule has 0 atom stereocenters. The fourth-order valence-corrected chi connectivity index (χ4v) is 1.11. The summed E-state index contributed by atoms with van der Waals surface area (Å²) in [6, 6.07) is 0. The second kappa shape index (κ2) is 7.16. The molecule has 15 heavy (non-hydrogen) atoms. The van der Waals surface area contributed by atoms with E-state index in [0.29, 0.717) is 6.42 Å². The topological polar surface area (TPSA) is 40.9 Å². The van der Waals surface area contributed by atoms with Crippen molar-refractivity contribution in [1.29, 1.82) is 5.41 Å². The lowest BCUT2D eigenvalue weighted by molar-refractivity contribution is -0.111. The van der Waals surface area contributed by atoms with Crippen molar-refractivity contribution in [3.63, 3.8) is 0 Å². The SMILES string of the molecule is CC(=O)C(=N)C/C=C(\C)CCC=C(C)C. The lowest BCUT2D eigenvalue weighted by Crippen LogP contribution is -2.06. The predicted octanol–water partition coefficient (Wildman–Crippen LogP) is 3.68. The van der Waals surface area contributed by atoms with Crippen molar-refractivity contribution in [1.82, 2.24) is 0 Å². The fraction of sp³-hybridized carbons (Fsp3) is 0.538. The van der Waals surface area contributed by atoms with Crippen LogP contribution < -0.4 is 0 Å². The van der Waals surface area contributed by atoms with Gasteiger partial charge < -0.3 is 5.41 Å². The van der Waals surface area contributed by atoms with Gasteiger partial charge in [0.05, 0.1) is 5.71 Å². The smallest absolute Gasteiger partial charge is 0.173 e. The molecule has 0 unspecified atom stereocenters. The predicted molar refractivity (Wildman–Crippen MR) is 65.4 cm³/mol. The van der Waals surface area contributed by atoms with E-state index in [1.165, 1.54) is 18.1 Å². The van der Waals surface area contributed by atoms with Crippen LogP contribution in [0.15, 0.2) is 23.3 Å². The minimum atomic E-state index is -0.136. The molecule has 0 bridgehead atoms. The van der Waals surface area contributed by atoms with Gasteiger partial charge in [-0.2, -0.15) is 0 Å². The molecule has 0 radical (unpaired) electrons. The average Bonchev–Trinajstić information content (AvgIpc) is 2.13. The van der Waals surface area contributed by atoms with E-state index in [9.17, 15) is 4.79 Å². The molecule has 0 spiro atoms. The first-order valence-electron chi connectivity index (χ1n) is 5.31. The normalized spacial score (nSPS) is 11.1.